The smallest absolute Gasteiger partial charge is 0.336 e. The van der Waals surface area contributed by atoms with Gasteiger partial charge in [-0.25, -0.2) is 9.59 Å². The first-order valence-electron chi connectivity index (χ1n) is 12.8. The first-order valence-corrected chi connectivity index (χ1v) is 12.8. The van der Waals surface area contributed by atoms with Crippen LogP contribution in [0.1, 0.15) is 131 Å². The van der Waals surface area contributed by atoms with Gasteiger partial charge in [0.1, 0.15) is 0 Å². The summed E-state index contributed by atoms with van der Waals surface area (Å²) >= 11 is 0. The van der Waals surface area contributed by atoms with Crippen molar-refractivity contribution in [2.24, 2.45) is 17.8 Å². The minimum Gasteiger partial charge on any atom is -0.478 e. The molecule has 182 valence electrons. The van der Waals surface area contributed by atoms with Crippen LogP contribution in [0.2, 0.25) is 0 Å². The Hall–Kier alpha value is -1.84. The maximum Gasteiger partial charge on any atom is 0.336 e. The zero-order valence-electron chi connectivity index (χ0n) is 21.1. The number of aromatic carboxylic acids is 2. The molecule has 0 saturated carbocycles. The Morgan fingerprint density at radius 1 is 0.875 bits per heavy atom. The Bertz CT molecular complexity index is 708. The van der Waals surface area contributed by atoms with Gasteiger partial charge in [-0.15, -0.1) is 0 Å². The molecule has 1 aromatic rings. The molecule has 1 aromatic carbocycles. The van der Waals surface area contributed by atoms with Crippen molar-refractivity contribution in [2.75, 3.05) is 0 Å². The summed E-state index contributed by atoms with van der Waals surface area (Å²) < 4.78 is 0. The number of rotatable bonds is 17. The predicted molar refractivity (Wildman–Crippen MR) is 133 cm³/mol. The van der Waals surface area contributed by atoms with Gasteiger partial charge in [-0.2, -0.15) is 0 Å². The number of unbranched alkanes of at least 4 members (excludes halogenated alkanes) is 4. The van der Waals surface area contributed by atoms with E-state index in [0.29, 0.717) is 18.3 Å². The molecule has 1 rings (SSSR count). The summed E-state index contributed by atoms with van der Waals surface area (Å²) in [4.78, 5) is 23.9. The van der Waals surface area contributed by atoms with Gasteiger partial charge in [0, 0.05) is 0 Å². The largest absolute Gasteiger partial charge is 0.478 e. The average Bonchev–Trinajstić information content (AvgIpc) is 2.72. The topological polar surface area (TPSA) is 74.6 Å². The van der Waals surface area contributed by atoms with E-state index in [1.807, 2.05) is 6.07 Å². The van der Waals surface area contributed by atoms with Crippen molar-refractivity contribution in [2.45, 2.75) is 112 Å². The normalized spacial score (nSPS) is 13.3. The van der Waals surface area contributed by atoms with Crippen LogP contribution in [0.3, 0.4) is 0 Å². The van der Waals surface area contributed by atoms with Crippen LogP contribution in [0.15, 0.2) is 12.1 Å². The van der Waals surface area contributed by atoms with Crippen molar-refractivity contribution in [3.63, 3.8) is 0 Å². The summed E-state index contributed by atoms with van der Waals surface area (Å²) in [5.41, 5.74) is 1.72. The fraction of sp³-hybridized carbons (Fsp3) is 0.714. The summed E-state index contributed by atoms with van der Waals surface area (Å²) in [5.74, 6) is -0.559. The van der Waals surface area contributed by atoms with Gasteiger partial charge in [0.15, 0.2) is 0 Å². The number of hydrogen-bond acceptors (Lipinski definition) is 2. The number of carbonyl (C=O) groups is 2. The Morgan fingerprint density at radius 2 is 1.53 bits per heavy atom. The summed E-state index contributed by atoms with van der Waals surface area (Å²) in [6.07, 6.45) is 12.9. The number of carboxylic acids is 2. The molecular formula is C28H46O4. The third kappa shape index (κ3) is 9.75. The summed E-state index contributed by atoms with van der Waals surface area (Å²) in [6, 6.07) is 3.37. The van der Waals surface area contributed by atoms with Gasteiger partial charge >= 0.3 is 11.9 Å². The molecule has 0 saturated heterocycles. The van der Waals surface area contributed by atoms with Crippen molar-refractivity contribution >= 4 is 11.9 Å². The molecular weight excluding hydrogens is 400 g/mol. The van der Waals surface area contributed by atoms with Gasteiger partial charge in [0.25, 0.3) is 0 Å². The van der Waals surface area contributed by atoms with E-state index in [9.17, 15) is 19.8 Å². The van der Waals surface area contributed by atoms with Gasteiger partial charge in [-0.05, 0) is 60.6 Å². The van der Waals surface area contributed by atoms with E-state index in [0.717, 1.165) is 62.0 Å². The quantitative estimate of drug-likeness (QED) is 0.238. The molecule has 2 N–H and O–H groups in total. The lowest BCUT2D eigenvalue weighted by Gasteiger charge is -2.23. The molecule has 0 heterocycles. The van der Waals surface area contributed by atoms with Crippen LogP contribution in [-0.2, 0) is 12.8 Å². The summed E-state index contributed by atoms with van der Waals surface area (Å²) in [5, 5.41) is 19.6. The Balaban J connectivity index is 3.06. The highest BCUT2D eigenvalue weighted by Gasteiger charge is 2.25. The second kappa shape index (κ2) is 15.1. The lowest BCUT2D eigenvalue weighted by atomic mass is 9.81. The molecule has 0 spiro atoms. The van der Waals surface area contributed by atoms with Crippen molar-refractivity contribution in [1.29, 1.82) is 0 Å². The zero-order chi connectivity index (χ0) is 24.1. The Kier molecular flexibility index (Phi) is 13.3. The Morgan fingerprint density at radius 3 is 2.09 bits per heavy atom. The SMILES string of the molecule is CCCC(Cc1c(CCCCCCCC(C)C)ccc(C(=O)O)c1C(=O)O)CC(C)CC. The highest BCUT2D eigenvalue weighted by Crippen LogP contribution is 2.30. The van der Waals surface area contributed by atoms with Crippen LogP contribution in [0.25, 0.3) is 0 Å². The molecule has 4 heteroatoms. The van der Waals surface area contributed by atoms with E-state index in [1.54, 1.807) is 0 Å². The van der Waals surface area contributed by atoms with Crippen LogP contribution in [0.4, 0.5) is 0 Å². The maximum atomic E-state index is 12.2. The van der Waals surface area contributed by atoms with Gasteiger partial charge in [-0.3, -0.25) is 0 Å². The standard InChI is InChI=1S/C28H46O4/c1-6-13-22(18-21(5)7-2)19-25-23(15-12-10-8-9-11-14-20(3)4)16-17-24(27(29)30)26(25)28(31)32/h16-17,20-22H,6-15,18-19H2,1-5H3,(H,29,30)(H,31,32). The van der Waals surface area contributed by atoms with Crippen molar-refractivity contribution in [3.8, 4) is 0 Å². The molecule has 0 aromatic heterocycles. The second-order valence-electron chi connectivity index (χ2n) is 10.0. The maximum absolute atomic E-state index is 12.2. The molecule has 0 aliphatic rings. The highest BCUT2D eigenvalue weighted by atomic mass is 16.4. The molecule has 2 atom stereocenters. The van der Waals surface area contributed by atoms with E-state index in [1.165, 1.54) is 31.7 Å². The summed E-state index contributed by atoms with van der Waals surface area (Å²) in [7, 11) is 0. The molecule has 0 radical (unpaired) electrons. The lowest BCUT2D eigenvalue weighted by Crippen LogP contribution is -2.18. The lowest BCUT2D eigenvalue weighted by molar-refractivity contribution is 0.0650. The minimum absolute atomic E-state index is 0.0113. The number of hydrogen-bond donors (Lipinski definition) is 2. The van der Waals surface area contributed by atoms with Crippen LogP contribution in [-0.4, -0.2) is 22.2 Å². The van der Waals surface area contributed by atoms with Gasteiger partial charge in [-0.1, -0.05) is 92.1 Å². The number of aryl methyl sites for hydroxylation is 1. The van der Waals surface area contributed by atoms with Crippen LogP contribution in [0, 0.1) is 17.8 Å². The van der Waals surface area contributed by atoms with Gasteiger partial charge in [0.05, 0.1) is 11.1 Å². The molecule has 0 amide bonds. The fourth-order valence-corrected chi connectivity index (χ4v) is 4.72. The van der Waals surface area contributed by atoms with Crippen LogP contribution >= 0.6 is 0 Å². The summed E-state index contributed by atoms with van der Waals surface area (Å²) in [6.45, 7) is 11.1. The van der Waals surface area contributed by atoms with Gasteiger partial charge < -0.3 is 10.2 Å². The molecule has 0 aliphatic carbocycles. The average molecular weight is 447 g/mol. The second-order valence-corrected chi connectivity index (χ2v) is 10.0. The fourth-order valence-electron chi connectivity index (χ4n) is 4.72. The Labute approximate surface area is 195 Å². The zero-order valence-corrected chi connectivity index (χ0v) is 21.1. The first kappa shape index (κ1) is 28.2. The third-order valence-corrected chi connectivity index (χ3v) is 6.70. The highest BCUT2D eigenvalue weighted by molar-refractivity contribution is 6.03. The number of carboxylic acid groups (broad SMARTS) is 2. The van der Waals surface area contributed by atoms with Crippen LogP contribution < -0.4 is 0 Å². The van der Waals surface area contributed by atoms with Crippen molar-refractivity contribution in [1.82, 2.24) is 0 Å². The molecule has 4 nitrogen and oxygen atoms in total. The molecule has 0 fully saturated rings. The van der Waals surface area contributed by atoms with Gasteiger partial charge in [0.2, 0.25) is 0 Å². The monoisotopic (exact) mass is 446 g/mol. The number of benzene rings is 1. The molecule has 0 bridgehead atoms. The van der Waals surface area contributed by atoms with Crippen molar-refractivity contribution in [3.05, 3.63) is 34.4 Å². The van der Waals surface area contributed by atoms with E-state index in [-0.39, 0.29) is 11.1 Å². The van der Waals surface area contributed by atoms with Crippen molar-refractivity contribution < 1.29 is 19.8 Å². The molecule has 2 unspecified atom stereocenters. The third-order valence-electron chi connectivity index (χ3n) is 6.70. The van der Waals surface area contributed by atoms with E-state index in [4.69, 9.17) is 0 Å². The minimum atomic E-state index is -1.16. The predicted octanol–water partition coefficient (Wildman–Crippen LogP) is 8.02. The first-order chi connectivity index (χ1) is 15.2. The van der Waals surface area contributed by atoms with E-state index in [2.05, 4.69) is 34.6 Å². The van der Waals surface area contributed by atoms with Crippen LogP contribution in [0.5, 0.6) is 0 Å². The van der Waals surface area contributed by atoms with E-state index < -0.39 is 11.9 Å². The molecule has 0 aliphatic heterocycles. The molecule has 32 heavy (non-hydrogen) atoms. The van der Waals surface area contributed by atoms with E-state index >= 15 is 0 Å².